The predicted octanol–water partition coefficient (Wildman–Crippen LogP) is 2.99. The number of halogens is 1. The zero-order valence-corrected chi connectivity index (χ0v) is 15.1. The van der Waals surface area contributed by atoms with E-state index in [0.717, 1.165) is 16.6 Å². The maximum absolute atomic E-state index is 13.2. The molecule has 1 N–H and O–H groups in total. The van der Waals surface area contributed by atoms with Crippen molar-refractivity contribution in [3.8, 4) is 0 Å². The average Bonchev–Trinajstić information content (AvgIpc) is 2.86. The van der Waals surface area contributed by atoms with Gasteiger partial charge in [0.15, 0.2) is 0 Å². The fourth-order valence-electron chi connectivity index (χ4n) is 3.18. The van der Waals surface area contributed by atoms with Crippen LogP contribution in [0.1, 0.15) is 25.5 Å². The van der Waals surface area contributed by atoms with Crippen LogP contribution in [0.25, 0.3) is 11.0 Å². The number of benzene rings is 2. The second-order valence-corrected chi connectivity index (χ2v) is 6.76. The summed E-state index contributed by atoms with van der Waals surface area (Å²) in [5, 5.41) is 2.97. The lowest BCUT2D eigenvalue weighted by atomic mass is 9.96. The molecule has 136 valence electrons. The summed E-state index contributed by atoms with van der Waals surface area (Å²) in [6, 6.07) is 13.2. The van der Waals surface area contributed by atoms with Crippen molar-refractivity contribution >= 4 is 16.9 Å². The number of carbonyl (C=O) groups is 1. The summed E-state index contributed by atoms with van der Waals surface area (Å²) in [6.07, 6.45) is 0. The average molecular weight is 355 g/mol. The Morgan fingerprint density at radius 1 is 1.08 bits per heavy atom. The second-order valence-electron chi connectivity index (χ2n) is 6.76. The Morgan fingerprint density at radius 3 is 2.31 bits per heavy atom. The summed E-state index contributed by atoms with van der Waals surface area (Å²) in [7, 11) is 1.69. The van der Waals surface area contributed by atoms with Crippen molar-refractivity contribution in [3.05, 3.63) is 70.4 Å². The molecule has 26 heavy (non-hydrogen) atoms. The summed E-state index contributed by atoms with van der Waals surface area (Å²) in [5.74, 6) is -0.454. The first-order valence-corrected chi connectivity index (χ1v) is 8.57. The third-order valence-electron chi connectivity index (χ3n) is 4.57. The van der Waals surface area contributed by atoms with E-state index in [2.05, 4.69) is 5.32 Å². The Kier molecular flexibility index (Phi) is 4.93. The molecule has 0 radical (unpaired) electrons. The number of rotatable bonds is 5. The zero-order valence-electron chi connectivity index (χ0n) is 15.1. The zero-order chi connectivity index (χ0) is 18.8. The summed E-state index contributed by atoms with van der Waals surface area (Å²) in [5.41, 5.74) is 2.10. The topological polar surface area (TPSA) is 56.0 Å². The van der Waals surface area contributed by atoms with Gasteiger partial charge in [-0.2, -0.15) is 0 Å². The number of nitrogens with one attached hydrogen (secondary N) is 1. The van der Waals surface area contributed by atoms with Crippen molar-refractivity contribution in [3.63, 3.8) is 0 Å². The molecule has 1 amide bonds. The van der Waals surface area contributed by atoms with Crippen LogP contribution in [0.5, 0.6) is 0 Å². The highest BCUT2D eigenvalue weighted by molar-refractivity contribution is 5.81. The highest BCUT2D eigenvalue weighted by atomic mass is 19.1. The number of hydrogen-bond acceptors (Lipinski definition) is 2. The minimum absolute atomic E-state index is 0.0649. The Labute approximate surface area is 151 Å². The number of aryl methyl sites for hydroxylation is 1. The van der Waals surface area contributed by atoms with Gasteiger partial charge in [-0.15, -0.1) is 0 Å². The number of aromatic nitrogens is 2. The van der Waals surface area contributed by atoms with Gasteiger partial charge in [0.05, 0.1) is 17.1 Å². The normalized spacial score (nSPS) is 12.5. The summed E-state index contributed by atoms with van der Waals surface area (Å²) < 4.78 is 16.2. The van der Waals surface area contributed by atoms with E-state index in [1.807, 2.05) is 38.1 Å². The smallest absolute Gasteiger partial charge is 0.329 e. The van der Waals surface area contributed by atoms with Crippen LogP contribution in [-0.4, -0.2) is 15.0 Å². The minimum atomic E-state index is -0.315. The van der Waals surface area contributed by atoms with Crippen molar-refractivity contribution in [1.29, 1.82) is 0 Å². The first kappa shape index (κ1) is 17.9. The molecule has 1 atom stereocenters. The van der Waals surface area contributed by atoms with Gasteiger partial charge in [0.25, 0.3) is 0 Å². The van der Waals surface area contributed by atoms with Crippen molar-refractivity contribution in [2.75, 3.05) is 0 Å². The van der Waals surface area contributed by atoms with Crippen LogP contribution in [0.3, 0.4) is 0 Å². The number of hydrogen-bond donors (Lipinski definition) is 1. The maximum Gasteiger partial charge on any atom is 0.329 e. The van der Waals surface area contributed by atoms with E-state index in [-0.39, 0.29) is 35.9 Å². The van der Waals surface area contributed by atoms with Crippen LogP contribution < -0.4 is 11.0 Å². The van der Waals surface area contributed by atoms with Crippen LogP contribution in [0.4, 0.5) is 4.39 Å². The Balaban J connectivity index is 1.85. The van der Waals surface area contributed by atoms with E-state index >= 15 is 0 Å². The largest absolute Gasteiger partial charge is 0.347 e. The van der Waals surface area contributed by atoms with Crippen LogP contribution in [0.15, 0.2) is 53.3 Å². The molecule has 1 heterocycles. The molecule has 5 nitrogen and oxygen atoms in total. The van der Waals surface area contributed by atoms with Crippen molar-refractivity contribution in [2.24, 2.45) is 13.0 Å². The molecular formula is C20H22FN3O2. The fraction of sp³-hybridized carbons (Fsp3) is 0.300. The third kappa shape index (κ3) is 3.40. The monoisotopic (exact) mass is 355 g/mol. The van der Waals surface area contributed by atoms with Gasteiger partial charge in [-0.05, 0) is 35.7 Å². The molecule has 0 bridgehead atoms. The van der Waals surface area contributed by atoms with Gasteiger partial charge in [0.2, 0.25) is 5.91 Å². The van der Waals surface area contributed by atoms with Crippen LogP contribution in [0.2, 0.25) is 0 Å². The summed E-state index contributed by atoms with van der Waals surface area (Å²) in [4.78, 5) is 25.1. The molecule has 0 fully saturated rings. The minimum Gasteiger partial charge on any atom is -0.347 e. The first-order valence-electron chi connectivity index (χ1n) is 8.57. The lowest BCUT2D eigenvalue weighted by Crippen LogP contribution is -2.36. The van der Waals surface area contributed by atoms with Gasteiger partial charge < -0.3 is 5.32 Å². The Bertz CT molecular complexity index is 986. The molecule has 0 aliphatic heterocycles. The predicted molar refractivity (Wildman–Crippen MR) is 99.3 cm³/mol. The number of fused-ring (bicyclic) bond motifs is 1. The summed E-state index contributed by atoms with van der Waals surface area (Å²) in [6.45, 7) is 3.90. The molecule has 0 aliphatic rings. The molecule has 0 saturated heterocycles. The standard InChI is InChI=1S/C20H22FN3O2/c1-13(2)19(14-8-10-15(21)11-9-14)22-18(25)12-24-17-7-5-4-6-16(17)23(3)20(24)26/h4-11,13,19H,12H2,1-3H3,(H,22,25)/t19-/m1/s1. The van der Waals surface area contributed by atoms with Gasteiger partial charge in [-0.3, -0.25) is 13.9 Å². The van der Waals surface area contributed by atoms with E-state index in [1.165, 1.54) is 21.3 Å². The molecule has 3 rings (SSSR count). The third-order valence-corrected chi connectivity index (χ3v) is 4.57. The molecule has 0 saturated carbocycles. The molecule has 0 spiro atoms. The van der Waals surface area contributed by atoms with Gasteiger partial charge in [-0.1, -0.05) is 38.1 Å². The van der Waals surface area contributed by atoms with Crippen molar-refractivity contribution in [1.82, 2.24) is 14.5 Å². The van der Waals surface area contributed by atoms with Gasteiger partial charge >= 0.3 is 5.69 Å². The van der Waals surface area contributed by atoms with Crippen molar-refractivity contribution in [2.45, 2.75) is 26.4 Å². The molecular weight excluding hydrogens is 333 g/mol. The molecule has 0 unspecified atom stereocenters. The van der Waals surface area contributed by atoms with Gasteiger partial charge in [0.1, 0.15) is 12.4 Å². The first-order chi connectivity index (χ1) is 12.4. The van der Waals surface area contributed by atoms with Gasteiger partial charge in [0, 0.05) is 7.05 Å². The molecule has 6 heteroatoms. The fourth-order valence-corrected chi connectivity index (χ4v) is 3.18. The quantitative estimate of drug-likeness (QED) is 0.765. The number of nitrogens with zero attached hydrogens (tertiary/aromatic N) is 2. The van der Waals surface area contributed by atoms with E-state index in [0.29, 0.717) is 0 Å². The number of amides is 1. The lowest BCUT2D eigenvalue weighted by molar-refractivity contribution is -0.122. The van der Waals surface area contributed by atoms with Crippen molar-refractivity contribution < 1.29 is 9.18 Å². The van der Waals surface area contributed by atoms with Gasteiger partial charge in [-0.25, -0.2) is 9.18 Å². The maximum atomic E-state index is 13.2. The highest BCUT2D eigenvalue weighted by Gasteiger charge is 2.20. The number of carbonyl (C=O) groups excluding carboxylic acids is 1. The second kappa shape index (κ2) is 7.15. The number of imidazole rings is 1. The Hall–Kier alpha value is -2.89. The highest BCUT2D eigenvalue weighted by Crippen LogP contribution is 2.22. The van der Waals surface area contributed by atoms with Crippen LogP contribution in [-0.2, 0) is 18.4 Å². The van der Waals surface area contributed by atoms with E-state index < -0.39 is 0 Å². The molecule has 1 aromatic heterocycles. The van der Waals surface area contributed by atoms with Crippen LogP contribution in [0, 0.1) is 11.7 Å². The molecule has 2 aromatic carbocycles. The SMILES string of the molecule is CC(C)[C@@H](NC(=O)Cn1c(=O)n(C)c2ccccc21)c1ccc(F)cc1. The Morgan fingerprint density at radius 2 is 1.69 bits per heavy atom. The molecule has 3 aromatic rings. The lowest BCUT2D eigenvalue weighted by Gasteiger charge is -2.23. The van der Waals surface area contributed by atoms with E-state index in [4.69, 9.17) is 0 Å². The van der Waals surface area contributed by atoms with E-state index in [9.17, 15) is 14.0 Å². The van der Waals surface area contributed by atoms with Crippen LogP contribution >= 0.6 is 0 Å². The molecule has 0 aliphatic carbocycles. The summed E-state index contributed by atoms with van der Waals surface area (Å²) >= 11 is 0. The number of para-hydroxylation sites is 2. The van der Waals surface area contributed by atoms with E-state index in [1.54, 1.807) is 19.2 Å².